The molecule has 0 fully saturated rings. The van der Waals surface area contributed by atoms with Crippen LogP contribution in [0.2, 0.25) is 0 Å². The Morgan fingerprint density at radius 3 is 2.26 bits per heavy atom. The topological polar surface area (TPSA) is 58.2 Å². The maximum Gasteiger partial charge on any atom is 0.232 e. The second kappa shape index (κ2) is 7.41. The Bertz CT molecular complexity index is 762. The molecule has 0 aliphatic rings. The molecule has 0 heterocycles. The molecule has 0 aliphatic heterocycles. The normalized spacial score (nSPS) is 11.3. The van der Waals surface area contributed by atoms with Gasteiger partial charge in [0.2, 0.25) is 10.0 Å². The van der Waals surface area contributed by atoms with E-state index >= 15 is 0 Å². The van der Waals surface area contributed by atoms with Gasteiger partial charge in [0.05, 0.1) is 11.4 Å². The van der Waals surface area contributed by atoms with Crippen LogP contribution in [0.25, 0.3) is 0 Å². The number of halogens is 2. The van der Waals surface area contributed by atoms with Gasteiger partial charge in [0, 0.05) is 17.4 Å². The van der Waals surface area contributed by atoms with Crippen LogP contribution in [-0.4, -0.2) is 14.2 Å². The Hall–Kier alpha value is -2.15. The third-order valence-corrected chi connectivity index (χ3v) is 4.51. The number of nitrogens with one attached hydrogen (secondary N) is 2. The lowest BCUT2D eigenvalue weighted by molar-refractivity contribution is 0.586. The summed E-state index contributed by atoms with van der Waals surface area (Å²) in [7, 11) is -3.35. The highest BCUT2D eigenvalue weighted by atomic mass is 32.2. The van der Waals surface area contributed by atoms with Gasteiger partial charge in [0.1, 0.15) is 11.6 Å². The van der Waals surface area contributed by atoms with Crippen molar-refractivity contribution in [1.82, 2.24) is 0 Å². The van der Waals surface area contributed by atoms with Crippen molar-refractivity contribution in [2.75, 3.05) is 15.8 Å². The SMILES string of the molecule is CCCCS(=O)(=O)Nc1ccc(Nc2ccc(F)cc2F)cc1. The van der Waals surface area contributed by atoms with Crippen molar-refractivity contribution in [2.45, 2.75) is 19.8 Å². The Morgan fingerprint density at radius 2 is 1.65 bits per heavy atom. The molecule has 0 radical (unpaired) electrons. The molecule has 0 bridgehead atoms. The zero-order valence-corrected chi connectivity index (χ0v) is 13.5. The van der Waals surface area contributed by atoms with Gasteiger partial charge in [-0.15, -0.1) is 0 Å². The van der Waals surface area contributed by atoms with E-state index in [1.807, 2.05) is 6.92 Å². The van der Waals surface area contributed by atoms with Gasteiger partial charge in [-0.1, -0.05) is 13.3 Å². The summed E-state index contributed by atoms with van der Waals surface area (Å²) in [5, 5.41) is 2.80. The summed E-state index contributed by atoms with van der Waals surface area (Å²) >= 11 is 0. The maximum atomic E-state index is 13.6. The molecular formula is C16H18F2N2O2S. The largest absolute Gasteiger partial charge is 0.353 e. The highest BCUT2D eigenvalue weighted by Gasteiger charge is 2.09. The van der Waals surface area contributed by atoms with E-state index in [2.05, 4.69) is 10.0 Å². The van der Waals surface area contributed by atoms with E-state index in [0.717, 1.165) is 18.6 Å². The molecule has 7 heteroatoms. The van der Waals surface area contributed by atoms with Gasteiger partial charge in [-0.2, -0.15) is 0 Å². The molecule has 0 spiro atoms. The van der Waals surface area contributed by atoms with E-state index in [9.17, 15) is 17.2 Å². The van der Waals surface area contributed by atoms with Crippen LogP contribution in [0.1, 0.15) is 19.8 Å². The molecule has 2 aromatic rings. The minimum absolute atomic E-state index is 0.0737. The van der Waals surface area contributed by atoms with Crippen molar-refractivity contribution in [3.8, 4) is 0 Å². The van der Waals surface area contributed by atoms with Crippen LogP contribution >= 0.6 is 0 Å². The number of sulfonamides is 1. The number of hydrogen-bond acceptors (Lipinski definition) is 3. The first kappa shape index (κ1) is 17.2. The van der Waals surface area contributed by atoms with Gasteiger partial charge in [-0.3, -0.25) is 4.72 Å². The molecule has 0 unspecified atom stereocenters. The second-order valence-corrected chi connectivity index (χ2v) is 6.94. The fourth-order valence-electron chi connectivity index (χ4n) is 1.93. The van der Waals surface area contributed by atoms with Crippen LogP contribution in [-0.2, 0) is 10.0 Å². The smallest absolute Gasteiger partial charge is 0.232 e. The molecule has 2 N–H and O–H groups in total. The minimum atomic E-state index is -3.35. The van der Waals surface area contributed by atoms with Crippen molar-refractivity contribution in [2.24, 2.45) is 0 Å². The standard InChI is InChI=1S/C16H18F2N2O2S/c1-2-3-10-23(21,22)20-14-7-5-13(6-8-14)19-16-9-4-12(17)11-15(16)18/h4-9,11,19-20H,2-3,10H2,1H3. The maximum absolute atomic E-state index is 13.6. The van der Waals surface area contributed by atoms with Crippen LogP contribution in [0.15, 0.2) is 42.5 Å². The monoisotopic (exact) mass is 340 g/mol. The van der Waals surface area contributed by atoms with Crippen molar-refractivity contribution >= 4 is 27.1 Å². The lowest BCUT2D eigenvalue weighted by atomic mass is 10.2. The molecule has 124 valence electrons. The third kappa shape index (κ3) is 5.21. The Morgan fingerprint density at radius 1 is 1.00 bits per heavy atom. The first-order valence-electron chi connectivity index (χ1n) is 7.22. The van der Waals surface area contributed by atoms with Crippen LogP contribution in [0, 0.1) is 11.6 Å². The molecule has 2 aromatic carbocycles. The number of benzene rings is 2. The van der Waals surface area contributed by atoms with E-state index in [1.54, 1.807) is 24.3 Å². The molecule has 0 atom stereocenters. The summed E-state index contributed by atoms with van der Waals surface area (Å²) in [6.45, 7) is 1.92. The van der Waals surface area contributed by atoms with E-state index in [-0.39, 0.29) is 11.4 Å². The molecule has 0 saturated heterocycles. The molecule has 0 amide bonds. The summed E-state index contributed by atoms with van der Waals surface area (Å²) in [5.41, 5.74) is 1.14. The highest BCUT2D eigenvalue weighted by molar-refractivity contribution is 7.92. The Balaban J connectivity index is 2.05. The molecule has 0 saturated carbocycles. The first-order valence-corrected chi connectivity index (χ1v) is 8.87. The predicted molar refractivity (Wildman–Crippen MR) is 88.4 cm³/mol. The molecule has 0 aromatic heterocycles. The molecular weight excluding hydrogens is 322 g/mol. The molecule has 0 aliphatic carbocycles. The summed E-state index contributed by atoms with van der Waals surface area (Å²) in [5.74, 6) is -1.27. The Labute approximate surface area is 134 Å². The van der Waals surface area contributed by atoms with Gasteiger partial charge in [0.15, 0.2) is 0 Å². The van der Waals surface area contributed by atoms with E-state index < -0.39 is 21.7 Å². The number of unbranched alkanes of at least 4 members (excludes halogenated alkanes) is 1. The average Bonchev–Trinajstić information content (AvgIpc) is 2.50. The van der Waals surface area contributed by atoms with Crippen molar-refractivity contribution < 1.29 is 17.2 Å². The summed E-state index contributed by atoms with van der Waals surface area (Å²) in [6, 6.07) is 9.62. The van der Waals surface area contributed by atoms with Crippen LogP contribution < -0.4 is 10.0 Å². The molecule has 4 nitrogen and oxygen atoms in total. The third-order valence-electron chi connectivity index (χ3n) is 3.14. The summed E-state index contributed by atoms with van der Waals surface area (Å²) in [6.07, 6.45) is 1.39. The van der Waals surface area contributed by atoms with Gasteiger partial charge in [0.25, 0.3) is 0 Å². The fourth-order valence-corrected chi connectivity index (χ4v) is 3.20. The van der Waals surface area contributed by atoms with Crippen molar-refractivity contribution in [3.05, 3.63) is 54.1 Å². The summed E-state index contributed by atoms with van der Waals surface area (Å²) in [4.78, 5) is 0. The van der Waals surface area contributed by atoms with Crippen LogP contribution in [0.3, 0.4) is 0 Å². The lowest BCUT2D eigenvalue weighted by Crippen LogP contribution is -2.16. The van der Waals surface area contributed by atoms with Gasteiger partial charge in [-0.25, -0.2) is 17.2 Å². The van der Waals surface area contributed by atoms with Crippen LogP contribution in [0.5, 0.6) is 0 Å². The molecule has 23 heavy (non-hydrogen) atoms. The highest BCUT2D eigenvalue weighted by Crippen LogP contribution is 2.22. The van der Waals surface area contributed by atoms with Gasteiger partial charge in [-0.05, 0) is 42.8 Å². The minimum Gasteiger partial charge on any atom is -0.353 e. The molecule has 2 rings (SSSR count). The van der Waals surface area contributed by atoms with Crippen molar-refractivity contribution in [3.63, 3.8) is 0 Å². The van der Waals surface area contributed by atoms with Gasteiger partial charge < -0.3 is 5.32 Å². The zero-order chi connectivity index (χ0) is 16.9. The Kier molecular flexibility index (Phi) is 5.54. The second-order valence-electron chi connectivity index (χ2n) is 5.10. The van der Waals surface area contributed by atoms with E-state index in [1.165, 1.54) is 6.07 Å². The van der Waals surface area contributed by atoms with Crippen LogP contribution in [0.4, 0.5) is 25.8 Å². The summed E-state index contributed by atoms with van der Waals surface area (Å²) < 4.78 is 52.5. The fraction of sp³-hybridized carbons (Fsp3) is 0.250. The quantitative estimate of drug-likeness (QED) is 0.792. The van der Waals surface area contributed by atoms with E-state index in [0.29, 0.717) is 17.8 Å². The van der Waals surface area contributed by atoms with E-state index in [4.69, 9.17) is 0 Å². The number of rotatable bonds is 7. The van der Waals surface area contributed by atoms with Gasteiger partial charge >= 0.3 is 0 Å². The zero-order valence-electron chi connectivity index (χ0n) is 12.6. The van der Waals surface area contributed by atoms with Crippen molar-refractivity contribution in [1.29, 1.82) is 0 Å². The lowest BCUT2D eigenvalue weighted by Gasteiger charge is -2.10. The average molecular weight is 340 g/mol. The number of hydrogen-bond donors (Lipinski definition) is 2. The predicted octanol–water partition coefficient (Wildman–Crippen LogP) is 4.25. The first-order chi connectivity index (χ1) is 10.9. The number of anilines is 3.